The third-order valence-corrected chi connectivity index (χ3v) is 3.30. The van der Waals surface area contributed by atoms with Crippen LogP contribution in [0.15, 0.2) is 24.3 Å². The molecule has 1 saturated heterocycles. The SMILES string of the molecule is COc1ccc(C2NN(C(C)(C)C)C(=O)C2(O)O)cc1. The molecule has 0 radical (unpaired) electrons. The molecular weight excluding hydrogens is 260 g/mol. The van der Waals surface area contributed by atoms with E-state index in [0.29, 0.717) is 11.3 Å². The van der Waals surface area contributed by atoms with Crippen LogP contribution in [-0.4, -0.2) is 39.6 Å². The summed E-state index contributed by atoms with van der Waals surface area (Å²) in [5.74, 6) is -2.57. The molecule has 2 rings (SSSR count). The number of hydrazine groups is 1. The summed E-state index contributed by atoms with van der Waals surface area (Å²) in [6.45, 7) is 5.43. The number of nitrogens with one attached hydrogen (secondary N) is 1. The van der Waals surface area contributed by atoms with Crippen LogP contribution in [0.2, 0.25) is 0 Å². The van der Waals surface area contributed by atoms with Crippen LogP contribution in [0, 0.1) is 0 Å². The van der Waals surface area contributed by atoms with Crippen LogP contribution in [0.25, 0.3) is 0 Å². The van der Waals surface area contributed by atoms with Crippen LogP contribution in [0.4, 0.5) is 0 Å². The molecule has 1 aromatic rings. The number of hydrogen-bond donors (Lipinski definition) is 3. The van der Waals surface area contributed by atoms with Crippen LogP contribution in [0.1, 0.15) is 32.4 Å². The Morgan fingerprint density at radius 3 is 2.20 bits per heavy atom. The summed E-state index contributed by atoms with van der Waals surface area (Å²) >= 11 is 0. The van der Waals surface area contributed by atoms with E-state index in [1.165, 1.54) is 5.01 Å². The predicted molar refractivity (Wildman–Crippen MR) is 72.6 cm³/mol. The summed E-state index contributed by atoms with van der Waals surface area (Å²) in [6, 6.07) is 5.88. The van der Waals surface area contributed by atoms with Crippen molar-refractivity contribution in [3.8, 4) is 5.75 Å². The van der Waals surface area contributed by atoms with Gasteiger partial charge in [0.25, 0.3) is 11.7 Å². The lowest BCUT2D eigenvalue weighted by Crippen LogP contribution is -2.50. The van der Waals surface area contributed by atoms with Crippen molar-refractivity contribution in [2.75, 3.05) is 7.11 Å². The van der Waals surface area contributed by atoms with E-state index >= 15 is 0 Å². The monoisotopic (exact) mass is 280 g/mol. The normalized spacial score (nSPS) is 22.2. The van der Waals surface area contributed by atoms with Gasteiger partial charge in [0.1, 0.15) is 11.8 Å². The number of rotatable bonds is 2. The summed E-state index contributed by atoms with van der Waals surface area (Å²) in [5.41, 5.74) is 2.90. The minimum atomic E-state index is -2.47. The number of carbonyl (C=O) groups excluding carboxylic acids is 1. The van der Waals surface area contributed by atoms with Gasteiger partial charge in [0.2, 0.25) is 0 Å². The molecule has 1 heterocycles. The van der Waals surface area contributed by atoms with Crippen LogP contribution < -0.4 is 10.2 Å². The number of nitrogens with zero attached hydrogens (tertiary/aromatic N) is 1. The van der Waals surface area contributed by atoms with Gasteiger partial charge in [0.15, 0.2) is 0 Å². The fourth-order valence-electron chi connectivity index (χ4n) is 2.17. The molecule has 0 aliphatic carbocycles. The third-order valence-electron chi connectivity index (χ3n) is 3.30. The highest BCUT2D eigenvalue weighted by Gasteiger charge is 2.55. The Morgan fingerprint density at radius 1 is 1.25 bits per heavy atom. The molecule has 1 fully saturated rings. The van der Waals surface area contributed by atoms with Crippen molar-refractivity contribution < 1.29 is 19.7 Å². The second-order valence-corrected chi connectivity index (χ2v) is 5.87. The van der Waals surface area contributed by atoms with Gasteiger partial charge in [-0.3, -0.25) is 9.80 Å². The van der Waals surface area contributed by atoms with E-state index in [1.807, 2.05) is 20.8 Å². The van der Waals surface area contributed by atoms with Gasteiger partial charge < -0.3 is 14.9 Å². The van der Waals surface area contributed by atoms with Gasteiger partial charge in [-0.25, -0.2) is 5.43 Å². The van der Waals surface area contributed by atoms with Crippen LogP contribution in [0.3, 0.4) is 0 Å². The summed E-state index contributed by atoms with van der Waals surface area (Å²) in [4.78, 5) is 12.1. The number of aliphatic hydroxyl groups is 2. The molecule has 20 heavy (non-hydrogen) atoms. The van der Waals surface area contributed by atoms with Crippen LogP contribution in [-0.2, 0) is 4.79 Å². The van der Waals surface area contributed by atoms with Gasteiger partial charge in [-0.05, 0) is 38.5 Å². The molecule has 1 unspecified atom stereocenters. The van der Waals surface area contributed by atoms with Crippen molar-refractivity contribution in [3.05, 3.63) is 29.8 Å². The minimum Gasteiger partial charge on any atom is -0.497 e. The number of benzene rings is 1. The molecule has 0 bridgehead atoms. The molecule has 1 aliphatic rings. The zero-order valence-corrected chi connectivity index (χ0v) is 12.0. The molecule has 1 aliphatic heterocycles. The fraction of sp³-hybridized carbons (Fsp3) is 0.500. The average molecular weight is 280 g/mol. The molecular formula is C14H20N2O4. The zero-order chi connectivity index (χ0) is 15.1. The highest BCUT2D eigenvalue weighted by Crippen LogP contribution is 2.35. The van der Waals surface area contributed by atoms with Gasteiger partial charge in [-0.15, -0.1) is 0 Å². The fourth-order valence-corrected chi connectivity index (χ4v) is 2.17. The summed E-state index contributed by atoms with van der Waals surface area (Å²) in [7, 11) is 1.55. The highest BCUT2D eigenvalue weighted by molar-refractivity contribution is 5.86. The molecule has 6 nitrogen and oxygen atoms in total. The van der Waals surface area contributed by atoms with E-state index in [9.17, 15) is 15.0 Å². The van der Waals surface area contributed by atoms with Crippen molar-refractivity contribution in [2.24, 2.45) is 0 Å². The van der Waals surface area contributed by atoms with E-state index in [0.717, 1.165) is 0 Å². The Labute approximate surface area is 117 Å². The lowest BCUT2D eigenvalue weighted by molar-refractivity contribution is -0.188. The first-order valence-electron chi connectivity index (χ1n) is 6.37. The van der Waals surface area contributed by atoms with Crippen LogP contribution >= 0.6 is 0 Å². The molecule has 110 valence electrons. The first-order chi connectivity index (χ1) is 9.17. The lowest BCUT2D eigenvalue weighted by Gasteiger charge is -2.31. The predicted octanol–water partition coefficient (Wildman–Crippen LogP) is 0.562. The molecule has 1 amide bonds. The first-order valence-corrected chi connectivity index (χ1v) is 6.37. The van der Waals surface area contributed by atoms with E-state index in [2.05, 4.69) is 5.43 Å². The Hall–Kier alpha value is -1.63. The number of hydrogen-bond acceptors (Lipinski definition) is 5. The second kappa shape index (κ2) is 4.73. The maximum atomic E-state index is 12.1. The summed E-state index contributed by atoms with van der Waals surface area (Å²) in [5, 5.41) is 21.5. The molecule has 0 saturated carbocycles. The van der Waals surface area contributed by atoms with Gasteiger partial charge in [0, 0.05) is 0 Å². The Balaban J connectivity index is 2.34. The summed E-state index contributed by atoms with van der Waals surface area (Å²) < 4.78 is 5.06. The third kappa shape index (κ3) is 2.37. The number of carbonyl (C=O) groups is 1. The van der Waals surface area contributed by atoms with Gasteiger partial charge in [-0.1, -0.05) is 12.1 Å². The van der Waals surface area contributed by atoms with Gasteiger partial charge in [0.05, 0.1) is 12.6 Å². The number of methoxy groups -OCH3 is 1. The van der Waals surface area contributed by atoms with Crippen molar-refractivity contribution in [1.29, 1.82) is 0 Å². The topological polar surface area (TPSA) is 82.0 Å². The maximum Gasteiger partial charge on any atom is 0.299 e. The molecule has 0 aromatic heterocycles. The molecule has 1 atom stereocenters. The van der Waals surface area contributed by atoms with Crippen molar-refractivity contribution in [2.45, 2.75) is 38.1 Å². The number of amides is 1. The Kier molecular flexibility index (Phi) is 3.49. The van der Waals surface area contributed by atoms with Gasteiger partial charge >= 0.3 is 0 Å². The van der Waals surface area contributed by atoms with Crippen molar-refractivity contribution >= 4 is 5.91 Å². The van der Waals surface area contributed by atoms with Crippen LogP contribution in [0.5, 0.6) is 5.75 Å². The van der Waals surface area contributed by atoms with Gasteiger partial charge in [-0.2, -0.15) is 0 Å². The Bertz CT molecular complexity index is 505. The standard InChI is InChI=1S/C14H20N2O4/c1-13(2,3)16-12(17)14(18,19)11(15-16)9-5-7-10(20-4)8-6-9/h5-8,11,15,18-19H,1-4H3. The average Bonchev–Trinajstić information content (AvgIpc) is 2.61. The molecule has 3 N–H and O–H groups in total. The molecule has 0 spiro atoms. The van der Waals surface area contributed by atoms with Crippen molar-refractivity contribution in [1.82, 2.24) is 10.4 Å². The Morgan fingerprint density at radius 2 is 1.80 bits per heavy atom. The van der Waals surface area contributed by atoms with Crippen molar-refractivity contribution in [3.63, 3.8) is 0 Å². The van der Waals surface area contributed by atoms with E-state index in [-0.39, 0.29) is 0 Å². The van der Waals surface area contributed by atoms with E-state index in [4.69, 9.17) is 4.74 Å². The second-order valence-electron chi connectivity index (χ2n) is 5.87. The quantitative estimate of drug-likeness (QED) is 0.690. The highest BCUT2D eigenvalue weighted by atomic mass is 16.5. The zero-order valence-electron chi connectivity index (χ0n) is 12.0. The molecule has 6 heteroatoms. The van der Waals surface area contributed by atoms with E-state index in [1.54, 1.807) is 31.4 Å². The first kappa shape index (κ1) is 14.8. The molecule has 1 aromatic carbocycles. The maximum absolute atomic E-state index is 12.1. The number of ether oxygens (including phenoxy) is 1. The summed E-state index contributed by atoms with van der Waals surface area (Å²) in [6.07, 6.45) is 0. The smallest absolute Gasteiger partial charge is 0.299 e. The largest absolute Gasteiger partial charge is 0.497 e. The lowest BCUT2D eigenvalue weighted by atomic mass is 9.99. The van der Waals surface area contributed by atoms with E-state index < -0.39 is 23.3 Å². The minimum absolute atomic E-state index is 0.561.